The first-order valence-corrected chi connectivity index (χ1v) is 8.22. The zero-order valence-electron chi connectivity index (χ0n) is 15.7. The Labute approximate surface area is 157 Å². The minimum Gasteiger partial charge on any atom is -0.495 e. The van der Waals surface area contributed by atoms with Crippen molar-refractivity contribution in [2.75, 3.05) is 53.3 Å². The Balaban J connectivity index is 2.45. The van der Waals surface area contributed by atoms with Crippen LogP contribution in [0.15, 0.2) is 29.5 Å². The van der Waals surface area contributed by atoms with E-state index in [0.29, 0.717) is 17.0 Å². The molecule has 27 heavy (non-hydrogen) atoms. The topological polar surface area (TPSA) is 108 Å². The van der Waals surface area contributed by atoms with E-state index in [-0.39, 0.29) is 36.9 Å². The molecule has 0 saturated heterocycles. The molecule has 1 aliphatic rings. The Morgan fingerprint density at radius 1 is 1.30 bits per heavy atom. The van der Waals surface area contributed by atoms with E-state index in [9.17, 15) is 14.4 Å². The summed E-state index contributed by atoms with van der Waals surface area (Å²) in [4.78, 5) is 39.7. The van der Waals surface area contributed by atoms with E-state index in [4.69, 9.17) is 14.6 Å². The molecule has 2 amide bonds. The number of aliphatic hydroxyl groups excluding tert-OH is 1. The quantitative estimate of drug-likeness (QED) is 0.648. The summed E-state index contributed by atoms with van der Waals surface area (Å²) in [6.45, 7) is -0.128. The van der Waals surface area contributed by atoms with Gasteiger partial charge in [0.15, 0.2) is 0 Å². The number of ether oxygens (including phenoxy) is 2. The maximum Gasteiger partial charge on any atom is 0.337 e. The van der Waals surface area contributed by atoms with E-state index < -0.39 is 11.9 Å². The fourth-order valence-corrected chi connectivity index (χ4v) is 2.68. The number of anilines is 1. The smallest absolute Gasteiger partial charge is 0.337 e. The molecule has 1 aromatic rings. The van der Waals surface area contributed by atoms with Crippen LogP contribution in [0.4, 0.5) is 5.69 Å². The molecular formula is C18H23N3O6. The Morgan fingerprint density at radius 2 is 2.00 bits per heavy atom. The molecule has 0 unspecified atom stereocenters. The van der Waals surface area contributed by atoms with Crippen LogP contribution in [0.25, 0.3) is 0 Å². The lowest BCUT2D eigenvalue weighted by Crippen LogP contribution is -2.31. The third-order valence-corrected chi connectivity index (χ3v) is 4.07. The molecule has 0 radical (unpaired) electrons. The molecule has 9 heteroatoms. The van der Waals surface area contributed by atoms with Gasteiger partial charge in [-0.3, -0.25) is 9.59 Å². The molecule has 2 rings (SSSR count). The van der Waals surface area contributed by atoms with Crippen molar-refractivity contribution in [2.24, 2.45) is 0 Å². The van der Waals surface area contributed by atoms with Gasteiger partial charge in [0, 0.05) is 26.2 Å². The minimum absolute atomic E-state index is 0.0209. The number of carbonyl (C=O) groups excluding carboxylic acids is 3. The summed E-state index contributed by atoms with van der Waals surface area (Å²) in [5, 5.41) is 12.0. The summed E-state index contributed by atoms with van der Waals surface area (Å²) in [5.74, 6) is -0.917. The monoisotopic (exact) mass is 377 g/mol. The molecule has 9 nitrogen and oxygen atoms in total. The van der Waals surface area contributed by atoms with Crippen molar-refractivity contribution in [3.63, 3.8) is 0 Å². The lowest BCUT2D eigenvalue weighted by molar-refractivity contribution is -0.136. The summed E-state index contributed by atoms with van der Waals surface area (Å²) in [7, 11) is 5.94. The van der Waals surface area contributed by atoms with Crippen LogP contribution in [-0.2, 0) is 14.3 Å². The SMILES string of the molecule is COC(=O)C1=C(Nc2cc(C(=O)N(C)C)ccc2OC)C(=O)N(CCO)C1. The highest BCUT2D eigenvalue weighted by atomic mass is 16.5. The van der Waals surface area contributed by atoms with E-state index in [0.717, 1.165) is 0 Å². The highest BCUT2D eigenvalue weighted by molar-refractivity contribution is 6.09. The lowest BCUT2D eigenvalue weighted by Gasteiger charge is -2.17. The van der Waals surface area contributed by atoms with Crippen molar-refractivity contribution in [1.82, 2.24) is 9.80 Å². The van der Waals surface area contributed by atoms with Gasteiger partial charge >= 0.3 is 5.97 Å². The Bertz CT molecular complexity index is 787. The number of hydrogen-bond acceptors (Lipinski definition) is 7. The van der Waals surface area contributed by atoms with Gasteiger partial charge in [-0.05, 0) is 18.2 Å². The second kappa shape index (κ2) is 8.54. The zero-order chi connectivity index (χ0) is 20.1. The van der Waals surface area contributed by atoms with Crippen molar-refractivity contribution in [3.8, 4) is 5.75 Å². The van der Waals surface area contributed by atoms with E-state index in [1.807, 2.05) is 0 Å². The van der Waals surface area contributed by atoms with E-state index in [2.05, 4.69) is 5.32 Å². The highest BCUT2D eigenvalue weighted by Gasteiger charge is 2.34. The van der Waals surface area contributed by atoms with Crippen LogP contribution in [0.5, 0.6) is 5.75 Å². The van der Waals surface area contributed by atoms with Crippen LogP contribution in [0, 0.1) is 0 Å². The number of benzene rings is 1. The fourth-order valence-electron chi connectivity index (χ4n) is 2.68. The summed E-state index contributed by atoms with van der Waals surface area (Å²) in [6, 6.07) is 4.75. The molecular weight excluding hydrogens is 354 g/mol. The van der Waals surface area contributed by atoms with Gasteiger partial charge in [-0.25, -0.2) is 4.79 Å². The van der Waals surface area contributed by atoms with Gasteiger partial charge in [0.2, 0.25) is 0 Å². The largest absolute Gasteiger partial charge is 0.495 e. The van der Waals surface area contributed by atoms with Gasteiger partial charge in [0.05, 0.1) is 38.6 Å². The molecule has 0 aromatic heterocycles. The predicted molar refractivity (Wildman–Crippen MR) is 97.3 cm³/mol. The number of methoxy groups -OCH3 is 2. The standard InChI is InChI=1S/C18H23N3O6/c1-20(2)16(23)11-5-6-14(26-3)13(9-11)19-15-12(18(25)27-4)10-21(7-8-22)17(15)24/h5-6,9,19,22H,7-8,10H2,1-4H3. The molecule has 1 aliphatic heterocycles. The summed E-state index contributed by atoms with van der Waals surface area (Å²) >= 11 is 0. The number of aliphatic hydroxyl groups is 1. The van der Waals surface area contributed by atoms with Crippen molar-refractivity contribution >= 4 is 23.5 Å². The Kier molecular flexibility index (Phi) is 6.40. The van der Waals surface area contributed by atoms with Crippen LogP contribution < -0.4 is 10.1 Å². The highest BCUT2D eigenvalue weighted by Crippen LogP contribution is 2.30. The predicted octanol–water partition coefficient (Wildman–Crippen LogP) is 0.0705. The van der Waals surface area contributed by atoms with Crippen molar-refractivity contribution in [3.05, 3.63) is 35.0 Å². The molecule has 0 bridgehead atoms. The van der Waals surface area contributed by atoms with Gasteiger partial charge in [-0.2, -0.15) is 0 Å². The first-order chi connectivity index (χ1) is 12.8. The average molecular weight is 377 g/mol. The normalized spacial score (nSPS) is 13.7. The number of nitrogens with zero attached hydrogens (tertiary/aromatic N) is 2. The Hall–Kier alpha value is -3.07. The molecule has 1 aromatic carbocycles. The van der Waals surface area contributed by atoms with Gasteiger partial charge in [0.1, 0.15) is 11.4 Å². The third kappa shape index (κ3) is 4.20. The molecule has 0 spiro atoms. The second-order valence-electron chi connectivity index (χ2n) is 6.04. The van der Waals surface area contributed by atoms with E-state index in [1.165, 1.54) is 24.0 Å². The summed E-state index contributed by atoms with van der Waals surface area (Å²) < 4.78 is 10.0. The van der Waals surface area contributed by atoms with Crippen molar-refractivity contribution in [1.29, 1.82) is 0 Å². The van der Waals surface area contributed by atoms with Crippen molar-refractivity contribution in [2.45, 2.75) is 0 Å². The fraction of sp³-hybridized carbons (Fsp3) is 0.389. The Morgan fingerprint density at radius 3 is 2.56 bits per heavy atom. The van der Waals surface area contributed by atoms with Gasteiger partial charge in [-0.1, -0.05) is 0 Å². The third-order valence-electron chi connectivity index (χ3n) is 4.07. The number of β-amino-alcohol motifs (C(OH)–C–C–N with tert-alkyl or cyclic N) is 1. The van der Waals surface area contributed by atoms with E-state index >= 15 is 0 Å². The van der Waals surface area contributed by atoms with Crippen LogP contribution in [0.3, 0.4) is 0 Å². The van der Waals surface area contributed by atoms with Crippen LogP contribution in [-0.4, -0.2) is 80.7 Å². The maximum atomic E-state index is 12.6. The van der Waals surface area contributed by atoms with E-state index in [1.54, 1.807) is 32.3 Å². The summed E-state index contributed by atoms with van der Waals surface area (Å²) in [5.41, 5.74) is 0.923. The number of amides is 2. The number of esters is 1. The van der Waals surface area contributed by atoms with Gasteiger partial charge in [0.25, 0.3) is 11.8 Å². The first-order valence-electron chi connectivity index (χ1n) is 8.22. The lowest BCUT2D eigenvalue weighted by atomic mass is 10.1. The van der Waals surface area contributed by atoms with Crippen molar-refractivity contribution < 1.29 is 29.0 Å². The first kappa shape index (κ1) is 20.2. The minimum atomic E-state index is -0.647. The number of carbonyl (C=O) groups is 3. The second-order valence-corrected chi connectivity index (χ2v) is 6.04. The van der Waals surface area contributed by atoms with Gasteiger partial charge < -0.3 is 29.7 Å². The number of nitrogens with one attached hydrogen (secondary N) is 1. The molecule has 0 aliphatic carbocycles. The van der Waals surface area contributed by atoms with Gasteiger partial charge in [-0.15, -0.1) is 0 Å². The summed E-state index contributed by atoms with van der Waals surface area (Å²) in [6.07, 6.45) is 0. The molecule has 2 N–H and O–H groups in total. The van der Waals surface area contributed by atoms with Crippen LogP contribution in [0.2, 0.25) is 0 Å². The number of rotatable bonds is 7. The molecule has 0 atom stereocenters. The average Bonchev–Trinajstić information content (AvgIpc) is 2.96. The maximum absolute atomic E-state index is 12.6. The zero-order valence-corrected chi connectivity index (χ0v) is 15.7. The molecule has 1 heterocycles. The number of hydrogen-bond donors (Lipinski definition) is 2. The van der Waals surface area contributed by atoms with Crippen LogP contribution in [0.1, 0.15) is 10.4 Å². The molecule has 146 valence electrons. The molecule has 0 fully saturated rings. The van der Waals surface area contributed by atoms with Crippen LogP contribution >= 0.6 is 0 Å². The molecule has 0 saturated carbocycles.